The third kappa shape index (κ3) is 0.867. The third-order valence-corrected chi connectivity index (χ3v) is 1.73. The van der Waals surface area contributed by atoms with Gasteiger partial charge in [0.1, 0.15) is 6.26 Å². The van der Waals surface area contributed by atoms with E-state index in [0.29, 0.717) is 18.6 Å². The van der Waals surface area contributed by atoms with Crippen molar-refractivity contribution < 1.29 is 19.1 Å². The van der Waals surface area contributed by atoms with E-state index in [1.807, 2.05) is 0 Å². The maximum Gasteiger partial charge on any atom is 0.345 e. The predicted octanol–water partition coefficient (Wildman–Crippen LogP) is -0.215. The van der Waals surface area contributed by atoms with Gasteiger partial charge in [-0.05, 0) is 0 Å². The molecule has 0 N–H and O–H groups in total. The number of rotatable bonds is 0. The standard InChI is InChI=1S/C7H6O4/c8-5-1-2-10-6-4(5)3-11-7(6)9/h3,6H,1-2H2. The van der Waals surface area contributed by atoms with E-state index >= 15 is 0 Å². The number of ketones is 1. The average Bonchev–Trinajstić information content (AvgIpc) is 2.35. The summed E-state index contributed by atoms with van der Waals surface area (Å²) in [4.78, 5) is 21.8. The lowest BCUT2D eigenvalue weighted by Crippen LogP contribution is -2.31. The van der Waals surface area contributed by atoms with Gasteiger partial charge >= 0.3 is 5.97 Å². The second-order valence-electron chi connectivity index (χ2n) is 2.43. The van der Waals surface area contributed by atoms with Gasteiger partial charge in [0.05, 0.1) is 12.2 Å². The van der Waals surface area contributed by atoms with Crippen molar-refractivity contribution in [2.24, 2.45) is 0 Å². The van der Waals surface area contributed by atoms with E-state index in [4.69, 9.17) is 4.74 Å². The van der Waals surface area contributed by atoms with Gasteiger partial charge in [0.25, 0.3) is 0 Å². The Bertz CT molecular complexity index is 253. The van der Waals surface area contributed by atoms with Crippen LogP contribution in [0.3, 0.4) is 0 Å². The third-order valence-electron chi connectivity index (χ3n) is 1.73. The zero-order valence-electron chi connectivity index (χ0n) is 5.70. The molecule has 2 heterocycles. The molecule has 2 rings (SSSR count). The summed E-state index contributed by atoms with van der Waals surface area (Å²) >= 11 is 0. The molecular formula is C7H6O4. The zero-order valence-corrected chi connectivity index (χ0v) is 5.70. The van der Waals surface area contributed by atoms with Crippen LogP contribution >= 0.6 is 0 Å². The number of esters is 1. The van der Waals surface area contributed by atoms with Crippen LogP contribution in [0.15, 0.2) is 11.8 Å². The number of Topliss-reactive ketones (excluding diaryl/α,β-unsaturated/α-hetero) is 1. The summed E-state index contributed by atoms with van der Waals surface area (Å²) in [6.07, 6.45) is 0.796. The molecule has 0 spiro atoms. The molecule has 0 aromatic carbocycles. The van der Waals surface area contributed by atoms with Crippen molar-refractivity contribution >= 4 is 11.8 Å². The fourth-order valence-corrected chi connectivity index (χ4v) is 1.16. The van der Waals surface area contributed by atoms with Crippen molar-refractivity contribution in [2.45, 2.75) is 12.5 Å². The van der Waals surface area contributed by atoms with Crippen LogP contribution in [0.1, 0.15) is 6.42 Å². The molecule has 58 valence electrons. The fourth-order valence-electron chi connectivity index (χ4n) is 1.16. The van der Waals surface area contributed by atoms with E-state index < -0.39 is 12.1 Å². The van der Waals surface area contributed by atoms with E-state index in [1.165, 1.54) is 6.26 Å². The van der Waals surface area contributed by atoms with Gasteiger partial charge in [-0.3, -0.25) is 4.79 Å². The second kappa shape index (κ2) is 2.17. The predicted molar refractivity (Wildman–Crippen MR) is 33.5 cm³/mol. The van der Waals surface area contributed by atoms with Gasteiger partial charge in [-0.15, -0.1) is 0 Å². The molecular weight excluding hydrogens is 148 g/mol. The molecule has 4 heteroatoms. The maximum absolute atomic E-state index is 11.0. The molecule has 1 unspecified atom stereocenters. The van der Waals surface area contributed by atoms with Crippen molar-refractivity contribution in [3.63, 3.8) is 0 Å². The van der Waals surface area contributed by atoms with E-state index in [9.17, 15) is 9.59 Å². The molecule has 1 saturated heterocycles. The zero-order chi connectivity index (χ0) is 7.84. The summed E-state index contributed by atoms with van der Waals surface area (Å²) in [6, 6.07) is 0. The molecule has 1 fully saturated rings. The molecule has 4 nitrogen and oxygen atoms in total. The SMILES string of the molecule is O=C1CCOC2C(=O)OC=C12. The Morgan fingerprint density at radius 2 is 2.27 bits per heavy atom. The minimum absolute atomic E-state index is 0.0490. The van der Waals surface area contributed by atoms with Crippen molar-refractivity contribution in [2.75, 3.05) is 6.61 Å². The molecule has 1 atom stereocenters. The highest BCUT2D eigenvalue weighted by atomic mass is 16.6. The Morgan fingerprint density at radius 3 is 3.00 bits per heavy atom. The molecule has 0 aliphatic carbocycles. The number of carbonyl (C=O) groups excluding carboxylic acids is 2. The van der Waals surface area contributed by atoms with E-state index in [0.717, 1.165) is 0 Å². The van der Waals surface area contributed by atoms with Crippen LogP contribution in [-0.2, 0) is 19.1 Å². The van der Waals surface area contributed by atoms with Gasteiger partial charge in [0.2, 0.25) is 0 Å². The van der Waals surface area contributed by atoms with Gasteiger partial charge in [0, 0.05) is 6.42 Å². The van der Waals surface area contributed by atoms with Gasteiger partial charge in [-0.1, -0.05) is 0 Å². The molecule has 0 aromatic rings. The Morgan fingerprint density at radius 1 is 1.45 bits per heavy atom. The molecule has 0 bridgehead atoms. The lowest BCUT2D eigenvalue weighted by molar-refractivity contribution is -0.148. The van der Waals surface area contributed by atoms with Crippen LogP contribution in [0.5, 0.6) is 0 Å². The Labute approximate surface area is 62.8 Å². The van der Waals surface area contributed by atoms with Crippen molar-refractivity contribution in [1.82, 2.24) is 0 Å². The Kier molecular flexibility index (Phi) is 1.29. The van der Waals surface area contributed by atoms with Crippen molar-refractivity contribution in [3.05, 3.63) is 11.8 Å². The topological polar surface area (TPSA) is 52.6 Å². The van der Waals surface area contributed by atoms with Crippen LogP contribution in [0.4, 0.5) is 0 Å². The quantitative estimate of drug-likeness (QED) is 0.453. The van der Waals surface area contributed by atoms with Crippen LogP contribution in [0.25, 0.3) is 0 Å². The second-order valence-corrected chi connectivity index (χ2v) is 2.43. The largest absolute Gasteiger partial charge is 0.432 e. The molecule has 11 heavy (non-hydrogen) atoms. The molecule has 0 amide bonds. The first-order valence-electron chi connectivity index (χ1n) is 3.34. The van der Waals surface area contributed by atoms with Gasteiger partial charge in [-0.2, -0.15) is 0 Å². The molecule has 2 aliphatic heterocycles. The summed E-state index contributed by atoms with van der Waals surface area (Å²) < 4.78 is 9.54. The summed E-state index contributed by atoms with van der Waals surface area (Å²) in [7, 11) is 0. The van der Waals surface area contributed by atoms with Gasteiger partial charge in [0.15, 0.2) is 11.9 Å². The maximum atomic E-state index is 11.0. The highest BCUT2D eigenvalue weighted by Gasteiger charge is 2.37. The smallest absolute Gasteiger partial charge is 0.345 e. The van der Waals surface area contributed by atoms with Gasteiger partial charge in [-0.25, -0.2) is 4.79 Å². The number of cyclic esters (lactones) is 1. The van der Waals surface area contributed by atoms with Crippen molar-refractivity contribution in [3.8, 4) is 0 Å². The average molecular weight is 154 g/mol. The summed E-state index contributed by atoms with van der Waals surface area (Å²) in [5.74, 6) is -0.528. The Balaban J connectivity index is 2.29. The molecule has 0 radical (unpaired) electrons. The number of fused-ring (bicyclic) bond motifs is 1. The summed E-state index contributed by atoms with van der Waals surface area (Å²) in [5, 5.41) is 0. The first-order valence-corrected chi connectivity index (χ1v) is 3.34. The van der Waals surface area contributed by atoms with Crippen LogP contribution in [0.2, 0.25) is 0 Å². The van der Waals surface area contributed by atoms with Crippen LogP contribution < -0.4 is 0 Å². The van der Waals surface area contributed by atoms with E-state index in [1.54, 1.807) is 0 Å². The normalized spacial score (nSPS) is 29.5. The summed E-state index contributed by atoms with van der Waals surface area (Å²) in [6.45, 7) is 0.315. The minimum atomic E-state index is -0.740. The van der Waals surface area contributed by atoms with E-state index in [-0.39, 0.29) is 5.78 Å². The molecule has 0 aromatic heterocycles. The molecule has 2 aliphatic rings. The monoisotopic (exact) mass is 154 g/mol. The fraction of sp³-hybridized carbons (Fsp3) is 0.429. The number of hydrogen-bond acceptors (Lipinski definition) is 4. The molecule has 0 saturated carbocycles. The lowest BCUT2D eigenvalue weighted by atomic mass is 10.0. The lowest BCUT2D eigenvalue weighted by Gasteiger charge is -2.16. The van der Waals surface area contributed by atoms with Crippen LogP contribution in [0, 0.1) is 0 Å². The highest BCUT2D eigenvalue weighted by molar-refractivity contribution is 6.04. The Hall–Kier alpha value is -1.16. The van der Waals surface area contributed by atoms with Crippen molar-refractivity contribution in [1.29, 1.82) is 0 Å². The number of hydrogen-bond donors (Lipinski definition) is 0. The minimum Gasteiger partial charge on any atom is -0.432 e. The summed E-state index contributed by atoms with van der Waals surface area (Å²) in [5.41, 5.74) is 0.362. The van der Waals surface area contributed by atoms with Gasteiger partial charge < -0.3 is 9.47 Å². The number of ether oxygens (including phenoxy) is 2. The van der Waals surface area contributed by atoms with Crippen LogP contribution in [-0.4, -0.2) is 24.5 Å². The van der Waals surface area contributed by atoms with E-state index in [2.05, 4.69) is 4.74 Å². The number of carbonyl (C=O) groups is 2. The first kappa shape index (κ1) is 6.54. The highest BCUT2D eigenvalue weighted by Crippen LogP contribution is 2.22. The first-order chi connectivity index (χ1) is 5.29.